The fraction of sp³-hybridized carbons (Fsp3) is 0.947. The molecule has 4 heteroatoms. The Bertz CT molecular complexity index is 281. The first-order valence-electron chi connectivity index (χ1n) is 9.55. The lowest BCUT2D eigenvalue weighted by Crippen LogP contribution is -2.32. The lowest BCUT2D eigenvalue weighted by Gasteiger charge is -2.24. The summed E-state index contributed by atoms with van der Waals surface area (Å²) in [6, 6.07) is 0. The van der Waals surface area contributed by atoms with Crippen molar-refractivity contribution < 1.29 is 20.1 Å². The van der Waals surface area contributed by atoms with Gasteiger partial charge in [0, 0.05) is 5.97 Å². The number of carboxylic acid groups (broad SMARTS) is 1. The Kier molecular flexibility index (Phi) is 14.6. The van der Waals surface area contributed by atoms with Crippen LogP contribution in [-0.4, -0.2) is 28.4 Å². The van der Waals surface area contributed by atoms with Crippen molar-refractivity contribution in [3.63, 3.8) is 0 Å². The van der Waals surface area contributed by atoms with Crippen LogP contribution in [0.5, 0.6) is 0 Å². The van der Waals surface area contributed by atoms with Crippen LogP contribution in [-0.2, 0) is 4.79 Å². The topological polar surface area (TPSA) is 80.6 Å². The molecular formula is C19H37O4-. The highest BCUT2D eigenvalue weighted by Crippen LogP contribution is 2.20. The van der Waals surface area contributed by atoms with E-state index >= 15 is 0 Å². The van der Waals surface area contributed by atoms with E-state index in [4.69, 9.17) is 0 Å². The molecule has 0 saturated carbocycles. The minimum absolute atomic E-state index is 0.112. The first kappa shape index (κ1) is 22.4. The standard InChI is InChI=1S/C19H38O4/c1-3-4-5-6-7-10-13-16(2)19(23)17(20)14-11-8-9-12-15-18(21)22/h16-17,19-20,23H,3-15H2,1-2H3,(H,21,22)/p-1. The molecule has 0 aliphatic carbocycles. The molecule has 3 unspecified atom stereocenters. The maximum atomic E-state index is 10.3. The Morgan fingerprint density at radius 1 is 0.870 bits per heavy atom. The molecule has 0 aromatic heterocycles. The fourth-order valence-electron chi connectivity index (χ4n) is 2.94. The Morgan fingerprint density at radius 2 is 1.39 bits per heavy atom. The minimum atomic E-state index is -0.996. The highest BCUT2D eigenvalue weighted by Gasteiger charge is 2.21. The van der Waals surface area contributed by atoms with Gasteiger partial charge in [0.05, 0.1) is 12.2 Å². The van der Waals surface area contributed by atoms with E-state index in [2.05, 4.69) is 6.92 Å². The highest BCUT2D eigenvalue weighted by atomic mass is 16.4. The summed E-state index contributed by atoms with van der Waals surface area (Å²) in [4.78, 5) is 10.3. The first-order valence-corrected chi connectivity index (χ1v) is 9.55. The Morgan fingerprint density at radius 3 is 2.00 bits per heavy atom. The van der Waals surface area contributed by atoms with Crippen molar-refractivity contribution >= 4 is 5.97 Å². The number of aliphatic hydroxyl groups excluding tert-OH is 2. The van der Waals surface area contributed by atoms with E-state index in [1.807, 2.05) is 6.92 Å². The van der Waals surface area contributed by atoms with Crippen molar-refractivity contribution in [3.8, 4) is 0 Å². The molecule has 3 atom stereocenters. The Labute approximate surface area is 142 Å². The second-order valence-corrected chi connectivity index (χ2v) is 6.92. The SMILES string of the molecule is CCCCCCCCC(C)C(O)C(O)CCCCCCC(=O)[O-]. The summed E-state index contributed by atoms with van der Waals surface area (Å²) in [6.07, 6.45) is 11.0. The van der Waals surface area contributed by atoms with Gasteiger partial charge in [0.25, 0.3) is 0 Å². The molecule has 0 aliphatic heterocycles. The van der Waals surface area contributed by atoms with Crippen molar-refractivity contribution in [2.75, 3.05) is 0 Å². The highest BCUT2D eigenvalue weighted by molar-refractivity contribution is 5.63. The third-order valence-electron chi connectivity index (χ3n) is 4.62. The van der Waals surface area contributed by atoms with E-state index < -0.39 is 18.2 Å². The van der Waals surface area contributed by atoms with E-state index in [0.29, 0.717) is 12.8 Å². The van der Waals surface area contributed by atoms with Gasteiger partial charge in [0.1, 0.15) is 0 Å². The van der Waals surface area contributed by atoms with Crippen molar-refractivity contribution in [1.29, 1.82) is 0 Å². The van der Waals surface area contributed by atoms with Crippen molar-refractivity contribution in [2.24, 2.45) is 5.92 Å². The fourth-order valence-corrected chi connectivity index (χ4v) is 2.94. The van der Waals surface area contributed by atoms with E-state index in [9.17, 15) is 20.1 Å². The summed E-state index contributed by atoms with van der Waals surface area (Å²) >= 11 is 0. The number of rotatable bonds is 16. The summed E-state index contributed by atoms with van der Waals surface area (Å²) in [5.74, 6) is -0.863. The number of carbonyl (C=O) groups is 1. The molecule has 2 N–H and O–H groups in total. The van der Waals surface area contributed by atoms with Gasteiger partial charge in [-0.2, -0.15) is 0 Å². The van der Waals surface area contributed by atoms with Crippen LogP contribution in [0.3, 0.4) is 0 Å². The van der Waals surface area contributed by atoms with Gasteiger partial charge in [-0.05, 0) is 31.6 Å². The average molecular weight is 330 g/mol. The lowest BCUT2D eigenvalue weighted by atomic mass is 9.91. The van der Waals surface area contributed by atoms with Crippen LogP contribution in [0.4, 0.5) is 0 Å². The number of carboxylic acids is 1. The summed E-state index contributed by atoms with van der Waals surface area (Å²) in [5, 5.41) is 30.5. The third-order valence-corrected chi connectivity index (χ3v) is 4.62. The summed E-state index contributed by atoms with van der Waals surface area (Å²) in [6.45, 7) is 4.23. The maximum Gasteiger partial charge on any atom is 0.0824 e. The zero-order valence-corrected chi connectivity index (χ0v) is 15.1. The van der Waals surface area contributed by atoms with Gasteiger partial charge in [0.15, 0.2) is 0 Å². The van der Waals surface area contributed by atoms with Gasteiger partial charge >= 0.3 is 0 Å². The number of carbonyl (C=O) groups excluding carboxylic acids is 1. The molecule has 0 saturated heterocycles. The van der Waals surface area contributed by atoms with Crippen molar-refractivity contribution in [3.05, 3.63) is 0 Å². The number of aliphatic hydroxyl groups is 2. The number of hydrogen-bond acceptors (Lipinski definition) is 4. The van der Waals surface area contributed by atoms with Gasteiger partial charge in [-0.3, -0.25) is 0 Å². The molecule has 0 heterocycles. The molecule has 23 heavy (non-hydrogen) atoms. The molecule has 138 valence electrons. The molecule has 0 fully saturated rings. The van der Waals surface area contributed by atoms with Gasteiger partial charge < -0.3 is 20.1 Å². The summed E-state index contributed by atoms with van der Waals surface area (Å²) in [7, 11) is 0. The molecule has 0 radical (unpaired) electrons. The zero-order chi connectivity index (χ0) is 17.5. The molecule has 0 aromatic carbocycles. The van der Waals surface area contributed by atoms with Crippen LogP contribution in [0, 0.1) is 5.92 Å². The van der Waals surface area contributed by atoms with E-state index in [1.165, 1.54) is 32.1 Å². The molecule has 0 rings (SSSR count). The van der Waals surface area contributed by atoms with Gasteiger partial charge in [-0.1, -0.05) is 71.6 Å². The Hall–Kier alpha value is -0.610. The molecule has 0 amide bonds. The van der Waals surface area contributed by atoms with Gasteiger partial charge in [0.2, 0.25) is 0 Å². The van der Waals surface area contributed by atoms with Crippen LogP contribution in [0.2, 0.25) is 0 Å². The second kappa shape index (κ2) is 14.9. The van der Waals surface area contributed by atoms with Crippen LogP contribution >= 0.6 is 0 Å². The number of unbranched alkanes of at least 4 members (excludes halogenated alkanes) is 8. The average Bonchev–Trinajstić information content (AvgIpc) is 2.52. The molecule has 0 bridgehead atoms. The molecule has 0 spiro atoms. The van der Waals surface area contributed by atoms with Crippen LogP contribution in [0.1, 0.15) is 97.3 Å². The smallest absolute Gasteiger partial charge is 0.0824 e. The third kappa shape index (κ3) is 13.5. The normalized spacial score (nSPS) is 15.3. The second-order valence-electron chi connectivity index (χ2n) is 6.92. The monoisotopic (exact) mass is 329 g/mol. The van der Waals surface area contributed by atoms with E-state index in [-0.39, 0.29) is 12.3 Å². The van der Waals surface area contributed by atoms with E-state index in [0.717, 1.165) is 32.1 Å². The number of hydrogen-bond donors (Lipinski definition) is 2. The largest absolute Gasteiger partial charge is 0.550 e. The Balaban J connectivity index is 3.61. The predicted octanol–water partition coefficient (Wildman–Crippen LogP) is 3.19. The zero-order valence-electron chi connectivity index (χ0n) is 15.1. The molecule has 4 nitrogen and oxygen atoms in total. The van der Waals surface area contributed by atoms with Gasteiger partial charge in [-0.25, -0.2) is 0 Å². The number of aliphatic carboxylic acids is 1. The lowest BCUT2D eigenvalue weighted by molar-refractivity contribution is -0.305. The van der Waals surface area contributed by atoms with Crippen molar-refractivity contribution in [1.82, 2.24) is 0 Å². The van der Waals surface area contributed by atoms with E-state index in [1.54, 1.807) is 0 Å². The predicted molar refractivity (Wildman–Crippen MR) is 91.9 cm³/mol. The quantitative estimate of drug-likeness (QED) is 0.426. The summed E-state index contributed by atoms with van der Waals surface area (Å²) < 4.78 is 0. The molecular weight excluding hydrogens is 292 g/mol. The molecule has 0 aromatic rings. The first-order chi connectivity index (χ1) is 11.0. The molecule has 0 aliphatic rings. The van der Waals surface area contributed by atoms with Crippen LogP contribution in [0.25, 0.3) is 0 Å². The van der Waals surface area contributed by atoms with Crippen molar-refractivity contribution in [2.45, 2.75) is 110 Å². The maximum absolute atomic E-state index is 10.3. The van der Waals surface area contributed by atoms with Crippen LogP contribution in [0.15, 0.2) is 0 Å². The minimum Gasteiger partial charge on any atom is -0.550 e. The summed E-state index contributed by atoms with van der Waals surface area (Å²) in [5.41, 5.74) is 0. The van der Waals surface area contributed by atoms with Gasteiger partial charge in [-0.15, -0.1) is 0 Å². The van der Waals surface area contributed by atoms with Crippen LogP contribution < -0.4 is 5.11 Å².